The number of halogens is 4. The standard InChI is InChI=1S/C19H14F4N2OS/c20-12-3-2-11(7-13(12)21)19-24-16-5-10(1-4-17(16)27-19)6-18(26)25-8-14(22)15(23)9-25/h1-5,7,14-15H,6,8-9H2/t14-,15-/m1/s1. The zero-order chi connectivity index (χ0) is 19.1. The van der Waals surface area contributed by atoms with Crippen LogP contribution in [0.4, 0.5) is 17.6 Å². The van der Waals surface area contributed by atoms with Gasteiger partial charge in [0.25, 0.3) is 0 Å². The Kier molecular flexibility index (Phi) is 4.59. The Hall–Kier alpha value is -2.48. The van der Waals surface area contributed by atoms with Crippen LogP contribution in [0, 0.1) is 11.6 Å². The van der Waals surface area contributed by atoms with Crippen molar-refractivity contribution in [1.82, 2.24) is 9.88 Å². The van der Waals surface area contributed by atoms with Crippen LogP contribution in [0.25, 0.3) is 20.8 Å². The van der Waals surface area contributed by atoms with Crippen LogP contribution in [0.1, 0.15) is 5.56 Å². The first-order valence-electron chi connectivity index (χ1n) is 8.31. The summed E-state index contributed by atoms with van der Waals surface area (Å²) in [6.07, 6.45) is -3.24. The number of hydrogen-bond acceptors (Lipinski definition) is 3. The van der Waals surface area contributed by atoms with E-state index in [-0.39, 0.29) is 25.4 Å². The summed E-state index contributed by atoms with van der Waals surface area (Å²) in [5.41, 5.74) is 1.76. The molecule has 27 heavy (non-hydrogen) atoms. The van der Waals surface area contributed by atoms with Gasteiger partial charge >= 0.3 is 0 Å². The van der Waals surface area contributed by atoms with Crippen LogP contribution in [0.15, 0.2) is 36.4 Å². The maximum atomic E-state index is 13.4. The normalized spacial score (nSPS) is 19.8. The van der Waals surface area contributed by atoms with E-state index in [2.05, 4.69) is 4.98 Å². The van der Waals surface area contributed by atoms with Gasteiger partial charge in [-0.3, -0.25) is 4.79 Å². The summed E-state index contributed by atoms with van der Waals surface area (Å²) in [5, 5.41) is 0.535. The Morgan fingerprint density at radius 3 is 2.52 bits per heavy atom. The maximum Gasteiger partial charge on any atom is 0.227 e. The Bertz CT molecular complexity index is 1010. The molecule has 0 N–H and O–H groups in total. The largest absolute Gasteiger partial charge is 0.336 e. The minimum Gasteiger partial charge on any atom is -0.336 e. The summed E-state index contributed by atoms with van der Waals surface area (Å²) in [5.74, 6) is -2.21. The molecule has 1 fully saturated rings. The molecule has 1 saturated heterocycles. The van der Waals surface area contributed by atoms with Gasteiger partial charge in [0.1, 0.15) is 5.01 Å². The number of amides is 1. The number of aromatic nitrogens is 1. The molecule has 0 unspecified atom stereocenters. The number of hydrogen-bond donors (Lipinski definition) is 0. The maximum absolute atomic E-state index is 13.4. The number of fused-ring (bicyclic) bond motifs is 1. The third kappa shape index (κ3) is 3.53. The fourth-order valence-electron chi connectivity index (χ4n) is 3.05. The molecule has 0 bridgehead atoms. The van der Waals surface area contributed by atoms with E-state index in [4.69, 9.17) is 0 Å². The minimum atomic E-state index is -1.63. The summed E-state index contributed by atoms with van der Waals surface area (Å²) in [6.45, 7) is -0.446. The quantitative estimate of drug-likeness (QED) is 0.621. The second kappa shape index (κ2) is 6.92. The summed E-state index contributed by atoms with van der Waals surface area (Å²) in [4.78, 5) is 17.9. The van der Waals surface area contributed by atoms with E-state index in [1.807, 2.05) is 0 Å². The highest BCUT2D eigenvalue weighted by molar-refractivity contribution is 7.21. The van der Waals surface area contributed by atoms with Crippen molar-refractivity contribution in [2.24, 2.45) is 0 Å². The lowest BCUT2D eigenvalue weighted by atomic mass is 10.1. The SMILES string of the molecule is O=C(Cc1ccc2sc(-c3ccc(F)c(F)c3)nc2c1)N1C[C@@H](F)[C@H](F)C1. The van der Waals surface area contributed by atoms with E-state index >= 15 is 0 Å². The molecule has 1 aliphatic heterocycles. The second-order valence-electron chi connectivity index (χ2n) is 6.46. The van der Waals surface area contributed by atoms with Gasteiger partial charge < -0.3 is 4.90 Å². The first-order chi connectivity index (χ1) is 12.9. The second-order valence-corrected chi connectivity index (χ2v) is 7.49. The van der Waals surface area contributed by atoms with Gasteiger partial charge in [0, 0.05) is 5.56 Å². The number of nitrogens with zero attached hydrogens (tertiary/aromatic N) is 2. The number of benzene rings is 2. The molecular formula is C19H14F4N2OS. The molecule has 4 rings (SSSR count). The van der Waals surface area contributed by atoms with Crippen molar-refractivity contribution in [3.8, 4) is 10.6 Å². The molecule has 2 aromatic carbocycles. The van der Waals surface area contributed by atoms with Crippen molar-refractivity contribution >= 4 is 27.5 Å². The van der Waals surface area contributed by atoms with Crippen molar-refractivity contribution in [1.29, 1.82) is 0 Å². The summed E-state index contributed by atoms with van der Waals surface area (Å²) >= 11 is 1.32. The fourth-order valence-corrected chi connectivity index (χ4v) is 3.99. The van der Waals surface area contributed by atoms with Gasteiger partial charge in [0.15, 0.2) is 24.0 Å². The molecule has 0 spiro atoms. The molecule has 1 amide bonds. The molecular weight excluding hydrogens is 380 g/mol. The first-order valence-corrected chi connectivity index (χ1v) is 9.13. The fraction of sp³-hybridized carbons (Fsp3) is 0.263. The zero-order valence-electron chi connectivity index (χ0n) is 14.0. The van der Waals surface area contributed by atoms with Gasteiger partial charge in [-0.25, -0.2) is 22.5 Å². The number of carbonyl (C=O) groups excluding carboxylic acids is 1. The minimum absolute atomic E-state index is 0.0212. The molecule has 1 aliphatic rings. The van der Waals surface area contributed by atoms with E-state index in [1.165, 1.54) is 22.3 Å². The molecule has 3 nitrogen and oxygen atoms in total. The Balaban J connectivity index is 1.56. The van der Waals surface area contributed by atoms with Crippen molar-refractivity contribution in [2.45, 2.75) is 18.8 Å². The van der Waals surface area contributed by atoms with Crippen LogP contribution in [0.5, 0.6) is 0 Å². The molecule has 2 heterocycles. The number of thiazole rings is 1. The highest BCUT2D eigenvalue weighted by Gasteiger charge is 2.35. The first kappa shape index (κ1) is 17.9. The lowest BCUT2D eigenvalue weighted by Crippen LogP contribution is -2.30. The third-order valence-corrected chi connectivity index (χ3v) is 5.59. The molecule has 3 aromatic rings. The summed E-state index contributed by atoms with van der Waals surface area (Å²) in [6, 6.07) is 8.86. The highest BCUT2D eigenvalue weighted by atomic mass is 32.1. The van der Waals surface area contributed by atoms with Gasteiger partial charge in [0.2, 0.25) is 5.91 Å². The lowest BCUT2D eigenvalue weighted by molar-refractivity contribution is -0.129. The average molecular weight is 394 g/mol. The Morgan fingerprint density at radius 1 is 1.07 bits per heavy atom. The van der Waals surface area contributed by atoms with Crippen LogP contribution >= 0.6 is 11.3 Å². The predicted octanol–water partition coefficient (Wildman–Crippen LogP) is 4.30. The zero-order valence-corrected chi connectivity index (χ0v) is 14.8. The van der Waals surface area contributed by atoms with E-state index in [0.29, 0.717) is 21.7 Å². The van der Waals surface area contributed by atoms with Gasteiger partial charge in [-0.2, -0.15) is 0 Å². The van der Waals surface area contributed by atoms with Gasteiger partial charge in [-0.1, -0.05) is 6.07 Å². The van der Waals surface area contributed by atoms with Crippen molar-refractivity contribution in [3.05, 3.63) is 53.6 Å². The number of rotatable bonds is 3. The van der Waals surface area contributed by atoms with Crippen LogP contribution in [-0.4, -0.2) is 41.2 Å². The van der Waals surface area contributed by atoms with Crippen molar-refractivity contribution < 1.29 is 22.4 Å². The van der Waals surface area contributed by atoms with Crippen molar-refractivity contribution in [3.63, 3.8) is 0 Å². The van der Waals surface area contributed by atoms with Gasteiger partial charge in [-0.05, 0) is 35.9 Å². The van der Waals surface area contributed by atoms with Crippen LogP contribution in [-0.2, 0) is 11.2 Å². The summed E-state index contributed by atoms with van der Waals surface area (Å²) < 4.78 is 53.9. The third-order valence-electron chi connectivity index (χ3n) is 4.51. The molecule has 1 aromatic heterocycles. The molecule has 140 valence electrons. The predicted molar refractivity (Wildman–Crippen MR) is 95.0 cm³/mol. The smallest absolute Gasteiger partial charge is 0.227 e. The Morgan fingerprint density at radius 2 is 1.81 bits per heavy atom. The lowest BCUT2D eigenvalue weighted by Gasteiger charge is -2.14. The van der Waals surface area contributed by atoms with E-state index in [9.17, 15) is 22.4 Å². The van der Waals surface area contributed by atoms with Gasteiger partial charge in [0.05, 0.1) is 29.7 Å². The summed E-state index contributed by atoms with van der Waals surface area (Å²) in [7, 11) is 0. The van der Waals surface area contributed by atoms with Crippen molar-refractivity contribution in [2.75, 3.05) is 13.1 Å². The van der Waals surface area contributed by atoms with Gasteiger partial charge in [-0.15, -0.1) is 11.3 Å². The molecule has 0 saturated carbocycles. The topological polar surface area (TPSA) is 33.2 Å². The number of alkyl halides is 2. The molecule has 2 atom stereocenters. The highest BCUT2D eigenvalue weighted by Crippen LogP contribution is 2.31. The molecule has 8 heteroatoms. The van der Waals surface area contributed by atoms with E-state index in [1.54, 1.807) is 18.2 Å². The number of likely N-dealkylation sites (tertiary alicyclic amines) is 1. The monoisotopic (exact) mass is 394 g/mol. The van der Waals surface area contributed by atoms with E-state index in [0.717, 1.165) is 16.8 Å². The number of carbonyl (C=O) groups is 1. The Labute approximate surface area is 156 Å². The van der Waals surface area contributed by atoms with Crippen LogP contribution in [0.3, 0.4) is 0 Å². The molecule has 0 aliphatic carbocycles. The average Bonchev–Trinajstić information content (AvgIpc) is 3.20. The van der Waals surface area contributed by atoms with E-state index < -0.39 is 24.0 Å². The molecule has 0 radical (unpaired) electrons. The van der Waals surface area contributed by atoms with Crippen LogP contribution < -0.4 is 0 Å². The van der Waals surface area contributed by atoms with Crippen LogP contribution in [0.2, 0.25) is 0 Å².